The Labute approximate surface area is 128 Å². The summed E-state index contributed by atoms with van der Waals surface area (Å²) in [6.45, 7) is 7.41. The van der Waals surface area contributed by atoms with Gasteiger partial charge in [-0.05, 0) is 37.2 Å². The first-order chi connectivity index (χ1) is 10.1. The summed E-state index contributed by atoms with van der Waals surface area (Å²) in [6, 6.07) is 10.2. The molecular weight excluding hydrogens is 262 g/mol. The van der Waals surface area contributed by atoms with Gasteiger partial charge in [0.2, 0.25) is 0 Å². The van der Waals surface area contributed by atoms with Gasteiger partial charge >= 0.3 is 5.97 Å². The molecule has 3 nitrogen and oxygen atoms in total. The number of nitrogens with one attached hydrogen (secondary N) is 1. The number of carbonyl (C=O) groups excluding carboxylic acids is 1. The average Bonchev–Trinajstić information content (AvgIpc) is 2.49. The Hall–Kier alpha value is -1.35. The van der Waals surface area contributed by atoms with Crippen molar-refractivity contribution in [3.63, 3.8) is 0 Å². The Morgan fingerprint density at radius 1 is 1.29 bits per heavy atom. The summed E-state index contributed by atoms with van der Waals surface area (Å²) < 4.78 is 5.39. The second-order valence-electron chi connectivity index (χ2n) is 6.32. The minimum absolute atomic E-state index is 0.0834. The molecule has 1 aliphatic carbocycles. The van der Waals surface area contributed by atoms with Gasteiger partial charge in [-0.1, -0.05) is 50.6 Å². The van der Waals surface area contributed by atoms with E-state index in [0.717, 1.165) is 12.8 Å². The Kier molecular flexibility index (Phi) is 5.40. The monoisotopic (exact) mass is 289 g/mol. The Morgan fingerprint density at radius 2 is 2.00 bits per heavy atom. The van der Waals surface area contributed by atoms with E-state index in [9.17, 15) is 4.79 Å². The second-order valence-corrected chi connectivity index (χ2v) is 6.32. The zero-order valence-corrected chi connectivity index (χ0v) is 13.4. The van der Waals surface area contributed by atoms with Crippen LogP contribution in [0.25, 0.3) is 0 Å². The lowest BCUT2D eigenvalue weighted by molar-refractivity contribution is -0.156. The first kappa shape index (κ1) is 16.0. The van der Waals surface area contributed by atoms with Crippen molar-refractivity contribution in [2.75, 3.05) is 6.61 Å². The van der Waals surface area contributed by atoms with E-state index in [1.165, 1.54) is 12.0 Å². The molecule has 0 bridgehead atoms. The molecule has 0 saturated heterocycles. The van der Waals surface area contributed by atoms with E-state index in [-0.39, 0.29) is 5.97 Å². The number of hydrogen-bond donors (Lipinski definition) is 1. The Balaban J connectivity index is 2.17. The quantitative estimate of drug-likeness (QED) is 0.843. The first-order valence-electron chi connectivity index (χ1n) is 8.04. The number of carbonyl (C=O) groups is 1. The smallest absolute Gasteiger partial charge is 0.326 e. The third-order valence-corrected chi connectivity index (χ3v) is 4.69. The highest BCUT2D eigenvalue weighted by molar-refractivity contribution is 5.81. The fourth-order valence-corrected chi connectivity index (χ4v) is 3.35. The van der Waals surface area contributed by atoms with E-state index >= 15 is 0 Å². The Morgan fingerprint density at radius 3 is 2.67 bits per heavy atom. The third kappa shape index (κ3) is 3.65. The lowest BCUT2D eigenvalue weighted by Gasteiger charge is -2.43. The normalized spacial score (nSPS) is 29.1. The van der Waals surface area contributed by atoms with Gasteiger partial charge in [0.1, 0.15) is 5.54 Å². The highest BCUT2D eigenvalue weighted by atomic mass is 16.5. The summed E-state index contributed by atoms with van der Waals surface area (Å²) >= 11 is 0. The van der Waals surface area contributed by atoms with E-state index < -0.39 is 5.54 Å². The molecule has 1 saturated carbocycles. The summed E-state index contributed by atoms with van der Waals surface area (Å²) in [7, 11) is 0. The molecule has 1 aromatic carbocycles. The van der Waals surface area contributed by atoms with Gasteiger partial charge in [0.15, 0.2) is 0 Å². The van der Waals surface area contributed by atoms with Crippen molar-refractivity contribution in [3.05, 3.63) is 35.9 Å². The molecule has 2 rings (SSSR count). The minimum Gasteiger partial charge on any atom is -0.465 e. The molecule has 1 fully saturated rings. The second kappa shape index (κ2) is 7.08. The van der Waals surface area contributed by atoms with Gasteiger partial charge < -0.3 is 4.74 Å². The van der Waals surface area contributed by atoms with Crippen molar-refractivity contribution in [2.45, 2.75) is 52.1 Å². The van der Waals surface area contributed by atoms with Crippen LogP contribution in [0, 0.1) is 11.8 Å². The zero-order valence-electron chi connectivity index (χ0n) is 13.4. The summed E-state index contributed by atoms with van der Waals surface area (Å²) in [5, 5.41) is 3.54. The van der Waals surface area contributed by atoms with Crippen LogP contribution in [-0.4, -0.2) is 18.1 Å². The fourth-order valence-electron chi connectivity index (χ4n) is 3.35. The average molecular weight is 289 g/mol. The molecule has 1 aromatic rings. The molecule has 0 aromatic heterocycles. The molecule has 116 valence electrons. The molecule has 0 amide bonds. The molecule has 3 unspecified atom stereocenters. The van der Waals surface area contributed by atoms with Crippen molar-refractivity contribution in [1.29, 1.82) is 0 Å². The summed E-state index contributed by atoms with van der Waals surface area (Å²) in [6.07, 6.45) is 3.12. The minimum atomic E-state index is -0.538. The van der Waals surface area contributed by atoms with Crippen molar-refractivity contribution in [2.24, 2.45) is 11.8 Å². The van der Waals surface area contributed by atoms with Crippen LogP contribution in [0.4, 0.5) is 0 Å². The van der Waals surface area contributed by atoms with Crippen molar-refractivity contribution >= 4 is 5.97 Å². The van der Waals surface area contributed by atoms with Crippen molar-refractivity contribution in [1.82, 2.24) is 5.32 Å². The van der Waals surface area contributed by atoms with Gasteiger partial charge in [0.25, 0.3) is 0 Å². The topological polar surface area (TPSA) is 38.3 Å². The first-order valence-corrected chi connectivity index (χ1v) is 8.04. The van der Waals surface area contributed by atoms with Gasteiger partial charge in [0.05, 0.1) is 6.61 Å². The van der Waals surface area contributed by atoms with Crippen LogP contribution >= 0.6 is 0 Å². The summed E-state index contributed by atoms with van der Waals surface area (Å²) in [5.41, 5.74) is 0.662. The fraction of sp³-hybridized carbons (Fsp3) is 0.611. The van der Waals surface area contributed by atoms with Crippen LogP contribution in [0.3, 0.4) is 0 Å². The molecule has 0 aliphatic heterocycles. The standard InChI is InChI=1S/C18H27NO2/c1-4-21-17(20)18(12-14(2)10-11-15(18)3)19-13-16-8-6-5-7-9-16/h5-9,14-15,19H,4,10-13H2,1-3H3. The number of rotatable bonds is 5. The zero-order chi connectivity index (χ0) is 15.3. The van der Waals surface area contributed by atoms with Crippen LogP contribution < -0.4 is 5.32 Å². The van der Waals surface area contributed by atoms with Crippen LogP contribution in [0.1, 0.15) is 45.6 Å². The molecular formula is C18H27NO2. The van der Waals surface area contributed by atoms with Crippen molar-refractivity contribution < 1.29 is 9.53 Å². The number of ether oxygens (including phenoxy) is 1. The van der Waals surface area contributed by atoms with Crippen molar-refractivity contribution in [3.8, 4) is 0 Å². The van der Waals surface area contributed by atoms with Gasteiger partial charge in [-0.2, -0.15) is 0 Å². The molecule has 3 atom stereocenters. The largest absolute Gasteiger partial charge is 0.465 e. The molecule has 21 heavy (non-hydrogen) atoms. The van der Waals surface area contributed by atoms with E-state index in [4.69, 9.17) is 4.74 Å². The van der Waals surface area contributed by atoms with Gasteiger partial charge in [0, 0.05) is 6.54 Å². The maximum Gasteiger partial charge on any atom is 0.326 e. The van der Waals surface area contributed by atoms with E-state index in [1.807, 2.05) is 25.1 Å². The Bertz CT molecular complexity index is 460. The van der Waals surface area contributed by atoms with Gasteiger partial charge in [-0.15, -0.1) is 0 Å². The molecule has 1 aliphatic rings. The summed E-state index contributed by atoms with van der Waals surface area (Å²) in [4.78, 5) is 12.6. The predicted molar refractivity (Wildman–Crippen MR) is 84.8 cm³/mol. The SMILES string of the molecule is CCOC(=O)C1(NCc2ccccc2)CC(C)CCC1C. The lowest BCUT2D eigenvalue weighted by atomic mass is 9.69. The van der Waals surface area contributed by atoms with Crippen LogP contribution in [0.5, 0.6) is 0 Å². The maximum atomic E-state index is 12.6. The number of benzene rings is 1. The van der Waals surface area contributed by atoms with Gasteiger partial charge in [-0.3, -0.25) is 10.1 Å². The van der Waals surface area contributed by atoms with Crippen LogP contribution in [-0.2, 0) is 16.1 Å². The van der Waals surface area contributed by atoms with Gasteiger partial charge in [-0.25, -0.2) is 0 Å². The molecule has 0 radical (unpaired) electrons. The maximum absolute atomic E-state index is 12.6. The third-order valence-electron chi connectivity index (χ3n) is 4.69. The molecule has 3 heteroatoms. The summed E-state index contributed by atoms with van der Waals surface area (Å²) in [5.74, 6) is 0.769. The van der Waals surface area contributed by atoms with Crippen LogP contribution in [0.2, 0.25) is 0 Å². The molecule has 0 heterocycles. The number of esters is 1. The molecule has 0 spiro atoms. The lowest BCUT2D eigenvalue weighted by Crippen LogP contribution is -2.59. The highest BCUT2D eigenvalue weighted by Gasteiger charge is 2.47. The van der Waals surface area contributed by atoms with E-state index in [1.54, 1.807) is 0 Å². The molecule has 1 N–H and O–H groups in total. The number of hydrogen-bond acceptors (Lipinski definition) is 3. The van der Waals surface area contributed by atoms with E-state index in [0.29, 0.717) is 25.0 Å². The highest BCUT2D eigenvalue weighted by Crippen LogP contribution is 2.38. The predicted octanol–water partition coefficient (Wildman–Crippen LogP) is 3.53. The van der Waals surface area contributed by atoms with E-state index in [2.05, 4.69) is 31.3 Å². The van der Waals surface area contributed by atoms with Crippen LogP contribution in [0.15, 0.2) is 30.3 Å².